The summed E-state index contributed by atoms with van der Waals surface area (Å²) in [6.07, 6.45) is 5.30. The Morgan fingerprint density at radius 1 is 1.36 bits per heavy atom. The number of hydrogen-bond donors (Lipinski definition) is 0. The minimum Gasteiger partial charge on any atom is -0.207 e. The molecule has 0 aliphatic rings. The summed E-state index contributed by atoms with van der Waals surface area (Å²) in [5.74, 6) is -0.367. The van der Waals surface area contributed by atoms with Crippen LogP contribution in [0.4, 0.5) is 4.39 Å². The van der Waals surface area contributed by atoms with Crippen molar-refractivity contribution >= 4 is 0 Å². The van der Waals surface area contributed by atoms with Crippen LogP contribution in [0.3, 0.4) is 0 Å². The quantitative estimate of drug-likeness (QED) is 0.530. The second kappa shape index (κ2) is 9.15. The molecule has 11 heavy (non-hydrogen) atoms. The highest BCUT2D eigenvalue weighted by molar-refractivity contribution is 5.24. The monoisotopic (exact) mass is 156 g/mol. The van der Waals surface area contributed by atoms with Crippen molar-refractivity contribution in [2.24, 2.45) is 0 Å². The number of rotatable bonds is 2. The van der Waals surface area contributed by atoms with Crippen LogP contribution in [0, 0.1) is 0 Å². The van der Waals surface area contributed by atoms with Crippen LogP contribution in [-0.4, -0.2) is 0 Å². The smallest absolute Gasteiger partial charge is 0.118 e. The van der Waals surface area contributed by atoms with E-state index in [9.17, 15) is 4.39 Å². The Labute approximate surface area is 69.1 Å². The fourth-order valence-corrected chi connectivity index (χ4v) is 0.331. The summed E-state index contributed by atoms with van der Waals surface area (Å²) in [5.41, 5.74) is 0.577. The van der Waals surface area contributed by atoms with Crippen molar-refractivity contribution < 1.29 is 4.39 Å². The Kier molecular flexibility index (Phi) is 10.6. The highest BCUT2D eigenvalue weighted by atomic mass is 19.1. The van der Waals surface area contributed by atoms with Crippen LogP contribution in [0.25, 0.3) is 0 Å². The average Bonchev–Trinajstić information content (AvgIpc) is 2.03. The molecule has 0 N–H and O–H groups in total. The molecule has 0 aromatic carbocycles. The van der Waals surface area contributed by atoms with Crippen LogP contribution in [0.15, 0.2) is 36.2 Å². The Morgan fingerprint density at radius 2 is 1.82 bits per heavy atom. The topological polar surface area (TPSA) is 0 Å². The Hall–Kier alpha value is -0.850. The highest BCUT2D eigenvalue weighted by Crippen LogP contribution is 2.06. The molecule has 1 heteroatoms. The predicted octanol–water partition coefficient (Wildman–Crippen LogP) is 4.02. The van der Waals surface area contributed by atoms with Crippen LogP contribution < -0.4 is 0 Å². The maximum absolute atomic E-state index is 12.1. The van der Waals surface area contributed by atoms with Gasteiger partial charge in [0.15, 0.2) is 0 Å². The molecule has 0 amide bonds. The third-order valence-electron chi connectivity index (χ3n) is 0.967. The molecule has 0 atom stereocenters. The third kappa shape index (κ3) is 9.15. The lowest BCUT2D eigenvalue weighted by Crippen LogP contribution is -1.70. The van der Waals surface area contributed by atoms with Crippen molar-refractivity contribution in [1.82, 2.24) is 0 Å². The van der Waals surface area contributed by atoms with Crippen molar-refractivity contribution in [3.05, 3.63) is 36.2 Å². The first-order chi connectivity index (χ1) is 5.18. The highest BCUT2D eigenvalue weighted by Gasteiger charge is 1.88. The Morgan fingerprint density at radius 3 is 2.09 bits per heavy atom. The van der Waals surface area contributed by atoms with E-state index in [1.54, 1.807) is 19.1 Å². The fraction of sp³-hybridized carbons (Fsp3) is 0.400. The maximum Gasteiger partial charge on any atom is 0.118 e. The summed E-state index contributed by atoms with van der Waals surface area (Å²) in [6, 6.07) is 0. The first-order valence-electron chi connectivity index (χ1n) is 3.83. The van der Waals surface area contributed by atoms with Crippen molar-refractivity contribution in [2.75, 3.05) is 0 Å². The van der Waals surface area contributed by atoms with Gasteiger partial charge in [0.2, 0.25) is 0 Å². The molecule has 0 fully saturated rings. The lowest BCUT2D eigenvalue weighted by molar-refractivity contribution is 0.656. The largest absolute Gasteiger partial charge is 0.207 e. The second-order valence-corrected chi connectivity index (χ2v) is 1.78. The minimum atomic E-state index is -0.367. The van der Waals surface area contributed by atoms with E-state index in [0.29, 0.717) is 5.57 Å². The molecule has 0 saturated heterocycles. The van der Waals surface area contributed by atoms with Crippen molar-refractivity contribution in [1.29, 1.82) is 0 Å². The second-order valence-electron chi connectivity index (χ2n) is 1.78. The van der Waals surface area contributed by atoms with Gasteiger partial charge >= 0.3 is 0 Å². The summed E-state index contributed by atoms with van der Waals surface area (Å²) in [6.45, 7) is 10.7. The Bertz CT molecular complexity index is 152. The first kappa shape index (κ1) is 12.8. The molecule has 0 saturated carbocycles. The maximum atomic E-state index is 12.1. The predicted molar refractivity (Wildman–Crippen MR) is 50.2 cm³/mol. The van der Waals surface area contributed by atoms with Gasteiger partial charge in [-0.3, -0.25) is 0 Å². The van der Waals surface area contributed by atoms with Crippen LogP contribution in [-0.2, 0) is 0 Å². The number of hydrogen-bond acceptors (Lipinski definition) is 0. The lowest BCUT2D eigenvalue weighted by atomic mass is 10.2. The molecule has 0 aliphatic heterocycles. The zero-order chi connectivity index (χ0) is 9.28. The molecular formula is C10H17F. The number of allylic oxidation sites excluding steroid dienone is 5. The Balaban J connectivity index is 0. The third-order valence-corrected chi connectivity index (χ3v) is 0.967. The first-order valence-corrected chi connectivity index (χ1v) is 3.83. The van der Waals surface area contributed by atoms with E-state index in [1.807, 2.05) is 26.8 Å². The molecular weight excluding hydrogens is 139 g/mol. The van der Waals surface area contributed by atoms with Gasteiger partial charge in [0.25, 0.3) is 0 Å². The van der Waals surface area contributed by atoms with E-state index >= 15 is 0 Å². The molecule has 0 spiro atoms. The molecule has 0 aliphatic carbocycles. The lowest BCUT2D eigenvalue weighted by Gasteiger charge is -1.88. The van der Waals surface area contributed by atoms with Gasteiger partial charge in [-0.2, -0.15) is 0 Å². The average molecular weight is 156 g/mol. The van der Waals surface area contributed by atoms with E-state index in [1.165, 1.54) is 0 Å². The zero-order valence-electron chi connectivity index (χ0n) is 7.82. The summed E-state index contributed by atoms with van der Waals surface area (Å²) in [4.78, 5) is 0. The molecule has 0 rings (SSSR count). The van der Waals surface area contributed by atoms with E-state index in [0.717, 1.165) is 0 Å². The molecule has 0 aromatic rings. The van der Waals surface area contributed by atoms with Crippen LogP contribution >= 0.6 is 0 Å². The normalized spacial score (nSPS) is 10.8. The van der Waals surface area contributed by atoms with Gasteiger partial charge in [0.05, 0.1) is 0 Å². The standard InChI is InChI=1S/C8H11F.C2H6/c1-4-5-6-7(2)8(3)9;1-2/h4-6H,3H2,1-2H3;1-2H3/b5-4+,7-6-;. The van der Waals surface area contributed by atoms with Crippen LogP contribution in [0.2, 0.25) is 0 Å². The van der Waals surface area contributed by atoms with Gasteiger partial charge in [0.1, 0.15) is 5.83 Å². The van der Waals surface area contributed by atoms with Gasteiger partial charge < -0.3 is 0 Å². The van der Waals surface area contributed by atoms with Crippen molar-refractivity contribution in [3.8, 4) is 0 Å². The molecule has 0 unspecified atom stereocenters. The van der Waals surface area contributed by atoms with E-state index in [2.05, 4.69) is 6.58 Å². The zero-order valence-corrected chi connectivity index (χ0v) is 7.82. The summed E-state index contributed by atoms with van der Waals surface area (Å²) in [7, 11) is 0. The van der Waals surface area contributed by atoms with Crippen LogP contribution in [0.1, 0.15) is 27.7 Å². The summed E-state index contributed by atoms with van der Waals surface area (Å²) >= 11 is 0. The van der Waals surface area contributed by atoms with Gasteiger partial charge in [0, 0.05) is 0 Å². The number of halogens is 1. The molecule has 0 nitrogen and oxygen atoms in total. The van der Waals surface area contributed by atoms with E-state index in [-0.39, 0.29) is 5.83 Å². The van der Waals surface area contributed by atoms with Gasteiger partial charge in [-0.15, -0.1) is 0 Å². The molecule has 0 aromatic heterocycles. The molecule has 0 bridgehead atoms. The van der Waals surface area contributed by atoms with E-state index < -0.39 is 0 Å². The van der Waals surface area contributed by atoms with Gasteiger partial charge in [-0.25, -0.2) is 4.39 Å². The minimum absolute atomic E-state index is 0.367. The van der Waals surface area contributed by atoms with Gasteiger partial charge in [-0.05, 0) is 19.4 Å². The summed E-state index contributed by atoms with van der Waals surface area (Å²) in [5, 5.41) is 0. The van der Waals surface area contributed by atoms with Crippen molar-refractivity contribution in [3.63, 3.8) is 0 Å². The molecule has 64 valence electrons. The summed E-state index contributed by atoms with van der Waals surface area (Å²) < 4.78 is 12.1. The molecule has 0 radical (unpaired) electrons. The fourth-order valence-electron chi connectivity index (χ4n) is 0.331. The molecule has 0 heterocycles. The van der Waals surface area contributed by atoms with Crippen molar-refractivity contribution in [2.45, 2.75) is 27.7 Å². The van der Waals surface area contributed by atoms with Crippen LogP contribution in [0.5, 0.6) is 0 Å². The van der Waals surface area contributed by atoms with E-state index in [4.69, 9.17) is 0 Å². The van der Waals surface area contributed by atoms with Gasteiger partial charge in [-0.1, -0.05) is 38.7 Å². The SMILES string of the molecule is C=C(F)/C(C)=C\C=C\C.CC.